The number of ether oxygens (including phenoxy) is 1. The summed E-state index contributed by atoms with van der Waals surface area (Å²) < 4.78 is 7.14. The molecule has 29 heavy (non-hydrogen) atoms. The maximum Gasteiger partial charge on any atom is 0.230 e. The smallest absolute Gasteiger partial charge is 0.230 e. The second kappa shape index (κ2) is 9.80. The Hall–Kier alpha value is -2.51. The van der Waals surface area contributed by atoms with E-state index in [1.54, 1.807) is 7.11 Å². The third-order valence-electron chi connectivity index (χ3n) is 4.47. The number of nitrogens with one attached hydrogen (secondary N) is 1. The van der Waals surface area contributed by atoms with Crippen LogP contribution in [-0.4, -0.2) is 33.5 Å². The van der Waals surface area contributed by atoms with Crippen LogP contribution in [0.3, 0.4) is 0 Å². The Morgan fingerprint density at radius 1 is 1.17 bits per heavy atom. The summed E-state index contributed by atoms with van der Waals surface area (Å²) in [5.74, 6) is 1.73. The van der Waals surface area contributed by atoms with Crippen molar-refractivity contribution in [1.29, 1.82) is 0 Å². The number of thioether (sulfide) groups is 1. The van der Waals surface area contributed by atoms with Gasteiger partial charge >= 0.3 is 0 Å². The Kier molecular flexibility index (Phi) is 7.17. The monoisotopic (exact) mass is 430 g/mol. The van der Waals surface area contributed by atoms with Crippen LogP contribution in [0.1, 0.15) is 30.8 Å². The van der Waals surface area contributed by atoms with Crippen LogP contribution in [0.25, 0.3) is 5.69 Å². The molecule has 1 aromatic heterocycles. The van der Waals surface area contributed by atoms with Gasteiger partial charge in [0.15, 0.2) is 5.16 Å². The molecule has 0 aliphatic rings. The largest absolute Gasteiger partial charge is 0.497 e. The van der Waals surface area contributed by atoms with E-state index < -0.39 is 0 Å². The normalized spacial score (nSPS) is 11.9. The molecule has 0 aliphatic carbocycles. The Morgan fingerprint density at radius 2 is 1.86 bits per heavy atom. The van der Waals surface area contributed by atoms with Crippen LogP contribution in [0.4, 0.5) is 0 Å². The first-order chi connectivity index (χ1) is 14.0. The predicted octanol–water partition coefficient (Wildman–Crippen LogP) is 4.60. The molecule has 2 aromatic carbocycles. The molecule has 0 aliphatic heterocycles. The standard InChI is InChI=1S/C21H23ClN4O2S/c1-4-19(15-5-7-16(22)8-6-15)23-20(27)13-29-21-25-24-14(2)26(21)17-9-11-18(28-3)12-10-17/h5-12,19H,4,13H2,1-3H3,(H,23,27). The van der Waals surface area contributed by atoms with Gasteiger partial charge < -0.3 is 10.1 Å². The first kappa shape index (κ1) is 21.2. The zero-order valence-electron chi connectivity index (χ0n) is 16.6. The Morgan fingerprint density at radius 3 is 2.48 bits per heavy atom. The number of methoxy groups -OCH3 is 1. The molecule has 1 unspecified atom stereocenters. The molecular formula is C21H23ClN4O2S. The highest BCUT2D eigenvalue weighted by Crippen LogP contribution is 2.24. The maximum atomic E-state index is 12.5. The van der Waals surface area contributed by atoms with Crippen molar-refractivity contribution in [1.82, 2.24) is 20.1 Å². The lowest BCUT2D eigenvalue weighted by atomic mass is 10.0. The molecule has 0 spiro atoms. The van der Waals surface area contributed by atoms with E-state index in [0.717, 1.165) is 29.2 Å². The van der Waals surface area contributed by atoms with Crippen molar-refractivity contribution >= 4 is 29.3 Å². The van der Waals surface area contributed by atoms with E-state index in [-0.39, 0.29) is 17.7 Å². The lowest BCUT2D eigenvalue weighted by molar-refractivity contribution is -0.119. The molecule has 1 heterocycles. The lowest BCUT2D eigenvalue weighted by Gasteiger charge is -2.17. The molecule has 3 rings (SSSR count). The second-order valence-electron chi connectivity index (χ2n) is 6.43. The molecule has 3 aromatic rings. The van der Waals surface area contributed by atoms with Crippen LogP contribution in [0.15, 0.2) is 53.7 Å². The van der Waals surface area contributed by atoms with Gasteiger partial charge in [0.05, 0.1) is 18.9 Å². The molecule has 1 amide bonds. The number of aromatic nitrogens is 3. The predicted molar refractivity (Wildman–Crippen MR) is 116 cm³/mol. The van der Waals surface area contributed by atoms with Crippen molar-refractivity contribution in [3.63, 3.8) is 0 Å². The zero-order chi connectivity index (χ0) is 20.8. The lowest BCUT2D eigenvalue weighted by Crippen LogP contribution is -2.29. The minimum Gasteiger partial charge on any atom is -0.497 e. The van der Waals surface area contributed by atoms with Gasteiger partial charge in [-0.1, -0.05) is 42.4 Å². The second-order valence-corrected chi connectivity index (χ2v) is 7.81. The van der Waals surface area contributed by atoms with E-state index in [0.29, 0.717) is 10.2 Å². The van der Waals surface area contributed by atoms with E-state index >= 15 is 0 Å². The van der Waals surface area contributed by atoms with Crippen molar-refractivity contribution in [2.75, 3.05) is 12.9 Å². The van der Waals surface area contributed by atoms with E-state index in [1.807, 2.05) is 66.9 Å². The van der Waals surface area contributed by atoms with E-state index in [9.17, 15) is 4.79 Å². The average Bonchev–Trinajstić information content (AvgIpc) is 3.11. The van der Waals surface area contributed by atoms with Crippen molar-refractivity contribution < 1.29 is 9.53 Å². The minimum absolute atomic E-state index is 0.0541. The quantitative estimate of drug-likeness (QED) is 0.529. The summed E-state index contributed by atoms with van der Waals surface area (Å²) in [4.78, 5) is 12.5. The van der Waals surface area contributed by atoms with Crippen molar-refractivity contribution in [3.8, 4) is 11.4 Å². The molecule has 0 fully saturated rings. The fourth-order valence-electron chi connectivity index (χ4n) is 2.95. The number of hydrogen-bond donors (Lipinski definition) is 1. The number of rotatable bonds is 8. The maximum absolute atomic E-state index is 12.5. The van der Waals surface area contributed by atoms with Gasteiger partial charge in [0.25, 0.3) is 0 Å². The number of carbonyl (C=O) groups excluding carboxylic acids is 1. The van der Waals surface area contributed by atoms with Crippen LogP contribution < -0.4 is 10.1 Å². The fraction of sp³-hybridized carbons (Fsp3) is 0.286. The van der Waals surface area contributed by atoms with E-state index in [4.69, 9.17) is 16.3 Å². The summed E-state index contributed by atoms with van der Waals surface area (Å²) in [6.07, 6.45) is 0.791. The molecule has 1 N–H and O–H groups in total. The summed E-state index contributed by atoms with van der Waals surface area (Å²) in [5, 5.41) is 12.8. The van der Waals surface area contributed by atoms with Gasteiger partial charge in [-0.25, -0.2) is 0 Å². The summed E-state index contributed by atoms with van der Waals surface area (Å²) in [6, 6.07) is 15.1. The van der Waals surface area contributed by atoms with E-state index in [1.165, 1.54) is 11.8 Å². The number of benzene rings is 2. The molecule has 8 heteroatoms. The highest BCUT2D eigenvalue weighted by atomic mass is 35.5. The molecule has 0 radical (unpaired) electrons. The Labute approximate surface area is 179 Å². The van der Waals surface area contributed by atoms with Crippen molar-refractivity contribution in [3.05, 3.63) is 64.9 Å². The number of nitrogens with zero attached hydrogens (tertiary/aromatic N) is 3. The summed E-state index contributed by atoms with van der Waals surface area (Å²) in [7, 11) is 1.63. The minimum atomic E-state index is -0.0567. The summed E-state index contributed by atoms with van der Waals surface area (Å²) in [5.41, 5.74) is 1.95. The van der Waals surface area contributed by atoms with Crippen LogP contribution in [0, 0.1) is 6.92 Å². The van der Waals surface area contributed by atoms with Gasteiger partial charge in [-0.15, -0.1) is 10.2 Å². The zero-order valence-corrected chi connectivity index (χ0v) is 18.1. The van der Waals surface area contributed by atoms with Gasteiger partial charge in [-0.2, -0.15) is 0 Å². The topological polar surface area (TPSA) is 69.0 Å². The third-order valence-corrected chi connectivity index (χ3v) is 5.65. The number of carbonyl (C=O) groups is 1. The van der Waals surface area contributed by atoms with E-state index in [2.05, 4.69) is 15.5 Å². The summed E-state index contributed by atoms with van der Waals surface area (Å²) >= 11 is 7.31. The van der Waals surface area contributed by atoms with Crippen LogP contribution in [0.2, 0.25) is 5.02 Å². The van der Waals surface area contributed by atoms with Gasteiger partial charge in [0.1, 0.15) is 11.6 Å². The first-order valence-corrected chi connectivity index (χ1v) is 10.6. The third kappa shape index (κ3) is 5.31. The number of amides is 1. The van der Waals surface area contributed by atoms with Gasteiger partial charge in [-0.05, 0) is 55.3 Å². The fourth-order valence-corrected chi connectivity index (χ4v) is 3.88. The highest BCUT2D eigenvalue weighted by Gasteiger charge is 2.16. The molecule has 0 saturated heterocycles. The van der Waals surface area contributed by atoms with Crippen LogP contribution in [-0.2, 0) is 4.79 Å². The highest BCUT2D eigenvalue weighted by molar-refractivity contribution is 7.99. The molecule has 0 bridgehead atoms. The molecule has 152 valence electrons. The van der Waals surface area contributed by atoms with Crippen molar-refractivity contribution in [2.45, 2.75) is 31.5 Å². The SMILES string of the molecule is CCC(NC(=O)CSc1nnc(C)n1-c1ccc(OC)cc1)c1ccc(Cl)cc1. The van der Waals surface area contributed by atoms with Crippen molar-refractivity contribution in [2.24, 2.45) is 0 Å². The van der Waals surface area contributed by atoms with Gasteiger partial charge in [-0.3, -0.25) is 9.36 Å². The Balaban J connectivity index is 1.66. The summed E-state index contributed by atoms with van der Waals surface area (Å²) in [6.45, 7) is 3.92. The Bertz CT molecular complexity index is 958. The molecule has 1 atom stereocenters. The average molecular weight is 431 g/mol. The van der Waals surface area contributed by atoms with Gasteiger partial charge in [0.2, 0.25) is 5.91 Å². The van der Waals surface area contributed by atoms with Gasteiger partial charge in [0, 0.05) is 10.7 Å². The molecular weight excluding hydrogens is 408 g/mol. The number of halogens is 1. The van der Waals surface area contributed by atoms with Crippen LogP contribution >= 0.6 is 23.4 Å². The molecule has 0 saturated carbocycles. The molecule has 6 nitrogen and oxygen atoms in total. The number of aryl methyl sites for hydroxylation is 1. The number of hydrogen-bond acceptors (Lipinski definition) is 5. The van der Waals surface area contributed by atoms with Crippen LogP contribution in [0.5, 0.6) is 5.75 Å². The first-order valence-electron chi connectivity index (χ1n) is 9.26.